The maximum atomic E-state index is 15.1. The molecule has 0 radical (unpaired) electrons. The van der Waals surface area contributed by atoms with Gasteiger partial charge >= 0.3 is 5.69 Å². The lowest BCUT2D eigenvalue weighted by atomic mass is 9.99. The number of hydrogen-bond acceptors (Lipinski definition) is 6. The van der Waals surface area contributed by atoms with Gasteiger partial charge in [0.05, 0.1) is 16.6 Å². The summed E-state index contributed by atoms with van der Waals surface area (Å²) in [5.74, 6) is -1.16. The third kappa shape index (κ3) is 4.82. The van der Waals surface area contributed by atoms with Gasteiger partial charge in [0.1, 0.15) is 30.2 Å². The Bertz CT molecular complexity index is 1650. The average molecular weight is 602 g/mol. The maximum absolute atomic E-state index is 15.1. The van der Waals surface area contributed by atoms with Crippen molar-refractivity contribution < 1.29 is 22.7 Å². The molecule has 0 bridgehead atoms. The molecule has 12 heteroatoms. The zero-order chi connectivity index (χ0) is 29.9. The Balaban J connectivity index is 1.54. The number of anilines is 1. The number of piperazine rings is 1. The minimum Gasteiger partial charge on any atom is -0.488 e. The van der Waals surface area contributed by atoms with Crippen LogP contribution in [-0.2, 0) is 4.79 Å². The summed E-state index contributed by atoms with van der Waals surface area (Å²) in [5.41, 5.74) is 0.107. The quantitative estimate of drug-likeness (QED) is 0.399. The number of likely N-dealkylation sites (tertiary alicyclic amines) is 1. The predicted octanol–water partition coefficient (Wildman–Crippen LogP) is 4.58. The number of alkyl halides is 1. The van der Waals surface area contributed by atoms with Crippen LogP contribution in [0.5, 0.6) is 5.75 Å². The van der Waals surface area contributed by atoms with E-state index >= 15 is 4.39 Å². The third-order valence-electron chi connectivity index (χ3n) is 8.48. The maximum Gasteiger partial charge on any atom is 0.350 e. The van der Waals surface area contributed by atoms with Gasteiger partial charge in [0.15, 0.2) is 5.75 Å². The van der Waals surface area contributed by atoms with Gasteiger partial charge in [0.2, 0.25) is 5.91 Å². The van der Waals surface area contributed by atoms with E-state index in [4.69, 9.17) is 16.3 Å². The second-order valence-corrected chi connectivity index (χ2v) is 11.7. The minimum absolute atomic E-state index is 0.0347. The van der Waals surface area contributed by atoms with Crippen LogP contribution in [0.15, 0.2) is 41.7 Å². The standard InChI is InChI=1S/C30H31ClF3N5O3/c1-4-25(40)37-11-17(3)38(12-16(37)2)29-22-10-23(31)26(21-6-5-18(32)9-24(21)34)28-27(22)39(30(41)35-29)20(15-42-28)14-36-8-7-19(33)13-36/h4-6,9-10,16-17,19-20H,1,7-8,11-15H2,2-3H3/t16-,17?,19?,20?/m1/s1. The molecule has 2 fully saturated rings. The normalized spacial score (nSPS) is 24.2. The summed E-state index contributed by atoms with van der Waals surface area (Å²) < 4.78 is 50.7. The van der Waals surface area contributed by atoms with Gasteiger partial charge in [-0.15, -0.1) is 0 Å². The van der Waals surface area contributed by atoms with E-state index in [1.54, 1.807) is 11.0 Å². The summed E-state index contributed by atoms with van der Waals surface area (Å²) in [6.45, 7) is 9.48. The largest absolute Gasteiger partial charge is 0.488 e. The Hall–Kier alpha value is -3.57. The molecular formula is C30H31ClF3N5O3. The molecule has 8 nitrogen and oxygen atoms in total. The van der Waals surface area contributed by atoms with Crippen LogP contribution >= 0.6 is 11.6 Å². The van der Waals surface area contributed by atoms with Crippen molar-refractivity contribution in [2.75, 3.05) is 44.2 Å². The molecule has 0 aliphatic carbocycles. The van der Waals surface area contributed by atoms with Crippen molar-refractivity contribution in [2.24, 2.45) is 0 Å². The predicted molar refractivity (Wildman–Crippen MR) is 155 cm³/mol. The number of carbonyl (C=O) groups is 1. The van der Waals surface area contributed by atoms with Crippen LogP contribution in [0.4, 0.5) is 19.0 Å². The molecule has 2 saturated heterocycles. The Morgan fingerprint density at radius 2 is 1.98 bits per heavy atom. The fourth-order valence-corrected chi connectivity index (χ4v) is 6.75. The number of amides is 1. The summed E-state index contributed by atoms with van der Waals surface area (Å²) in [6.07, 6.45) is 0.775. The van der Waals surface area contributed by atoms with Crippen LogP contribution in [0.25, 0.3) is 22.0 Å². The van der Waals surface area contributed by atoms with Gasteiger partial charge < -0.3 is 14.5 Å². The monoisotopic (exact) mass is 601 g/mol. The number of rotatable bonds is 5. The van der Waals surface area contributed by atoms with Crippen molar-refractivity contribution in [3.63, 3.8) is 0 Å². The Morgan fingerprint density at radius 3 is 2.67 bits per heavy atom. The van der Waals surface area contributed by atoms with Gasteiger partial charge in [-0.3, -0.25) is 14.3 Å². The summed E-state index contributed by atoms with van der Waals surface area (Å²) in [7, 11) is 0. The summed E-state index contributed by atoms with van der Waals surface area (Å²) in [5, 5.41) is 0.675. The smallest absolute Gasteiger partial charge is 0.350 e. The number of nitrogens with zero attached hydrogens (tertiary/aromatic N) is 5. The van der Waals surface area contributed by atoms with E-state index < -0.39 is 29.5 Å². The second kappa shape index (κ2) is 10.9. The molecule has 1 amide bonds. The fourth-order valence-electron chi connectivity index (χ4n) is 6.45. The first-order chi connectivity index (χ1) is 20.1. The van der Waals surface area contributed by atoms with E-state index in [1.165, 1.54) is 16.7 Å². The molecule has 6 rings (SSSR count). The van der Waals surface area contributed by atoms with E-state index in [9.17, 15) is 18.4 Å². The number of ether oxygens (including phenoxy) is 1. The molecule has 3 aliphatic rings. The lowest BCUT2D eigenvalue weighted by Crippen LogP contribution is -2.58. The Labute approximate surface area is 245 Å². The molecule has 3 unspecified atom stereocenters. The first-order valence-corrected chi connectivity index (χ1v) is 14.4. The van der Waals surface area contributed by atoms with Crippen LogP contribution in [0, 0.1) is 11.6 Å². The topological polar surface area (TPSA) is 70.9 Å². The van der Waals surface area contributed by atoms with Crippen molar-refractivity contribution in [3.05, 3.63) is 64.1 Å². The molecule has 3 aliphatic heterocycles. The first-order valence-electron chi connectivity index (χ1n) is 14.0. The van der Waals surface area contributed by atoms with Gasteiger partial charge in [-0.05, 0) is 44.5 Å². The van der Waals surface area contributed by atoms with Crippen molar-refractivity contribution in [1.82, 2.24) is 19.4 Å². The number of aromatic nitrogens is 2. The van der Waals surface area contributed by atoms with Crippen LogP contribution in [0.2, 0.25) is 5.02 Å². The van der Waals surface area contributed by atoms with Gasteiger partial charge in [-0.2, -0.15) is 4.98 Å². The number of halogens is 4. The van der Waals surface area contributed by atoms with Crippen molar-refractivity contribution in [1.29, 1.82) is 0 Å². The summed E-state index contributed by atoms with van der Waals surface area (Å²) in [6, 6.07) is 3.94. The molecule has 3 aromatic rings. The lowest BCUT2D eigenvalue weighted by molar-refractivity contribution is -0.128. The number of benzene rings is 2. The van der Waals surface area contributed by atoms with Gasteiger partial charge in [0, 0.05) is 67.4 Å². The SMILES string of the molecule is C=CC(=O)N1CC(C)N(c2nc(=O)n3c4c(c(-c5ccc(F)cc5F)c(Cl)cc24)OCC3CN2CCC(F)C2)C[C@H]1C. The lowest BCUT2D eigenvalue weighted by Gasteiger charge is -2.45. The highest BCUT2D eigenvalue weighted by molar-refractivity contribution is 6.35. The summed E-state index contributed by atoms with van der Waals surface area (Å²) in [4.78, 5) is 36.5. The molecule has 42 heavy (non-hydrogen) atoms. The van der Waals surface area contributed by atoms with Gasteiger partial charge in [0.25, 0.3) is 0 Å². The van der Waals surface area contributed by atoms with E-state index in [0.717, 1.165) is 12.1 Å². The van der Waals surface area contributed by atoms with Crippen LogP contribution < -0.4 is 15.3 Å². The van der Waals surface area contributed by atoms with Crippen molar-refractivity contribution in [3.8, 4) is 16.9 Å². The van der Waals surface area contributed by atoms with Gasteiger partial charge in [-0.1, -0.05) is 18.2 Å². The number of hydrogen-bond donors (Lipinski definition) is 0. The molecule has 4 heterocycles. The average Bonchev–Trinajstić information content (AvgIpc) is 3.36. The zero-order valence-electron chi connectivity index (χ0n) is 23.3. The van der Waals surface area contributed by atoms with E-state index in [1.807, 2.05) is 23.6 Å². The molecule has 2 aromatic carbocycles. The fraction of sp³-hybridized carbons (Fsp3) is 0.433. The highest BCUT2D eigenvalue weighted by atomic mass is 35.5. The van der Waals surface area contributed by atoms with Crippen LogP contribution in [-0.4, -0.2) is 82.8 Å². The number of carbonyl (C=O) groups excluding carboxylic acids is 1. The Morgan fingerprint density at radius 1 is 1.19 bits per heavy atom. The van der Waals surface area contributed by atoms with Crippen molar-refractivity contribution in [2.45, 2.75) is 44.6 Å². The molecule has 0 saturated carbocycles. The summed E-state index contributed by atoms with van der Waals surface area (Å²) >= 11 is 6.81. The van der Waals surface area contributed by atoms with Crippen LogP contribution in [0.1, 0.15) is 26.3 Å². The van der Waals surface area contributed by atoms with Gasteiger partial charge in [-0.25, -0.2) is 18.0 Å². The highest BCUT2D eigenvalue weighted by Crippen LogP contribution is 2.47. The van der Waals surface area contributed by atoms with Crippen LogP contribution in [0.3, 0.4) is 0 Å². The van der Waals surface area contributed by atoms with E-state index in [2.05, 4.69) is 11.6 Å². The highest BCUT2D eigenvalue weighted by Gasteiger charge is 2.37. The molecule has 0 N–H and O–H groups in total. The Kier molecular flexibility index (Phi) is 7.43. The van der Waals surface area contributed by atoms with E-state index in [-0.39, 0.29) is 53.0 Å². The second-order valence-electron chi connectivity index (χ2n) is 11.3. The molecule has 0 spiro atoms. The first kappa shape index (κ1) is 28.5. The molecule has 1 aromatic heterocycles. The molecule has 222 valence electrons. The molecule has 4 atom stereocenters. The molecular weight excluding hydrogens is 571 g/mol. The third-order valence-corrected chi connectivity index (χ3v) is 8.78. The zero-order valence-corrected chi connectivity index (χ0v) is 24.1. The van der Waals surface area contributed by atoms with E-state index in [0.29, 0.717) is 49.3 Å². The minimum atomic E-state index is -0.930. The van der Waals surface area contributed by atoms with Crippen molar-refractivity contribution >= 4 is 34.2 Å².